The molecule has 0 saturated heterocycles. The van der Waals surface area contributed by atoms with Crippen molar-refractivity contribution in [1.29, 1.82) is 0 Å². The Balaban J connectivity index is 1.33. The Kier molecular flexibility index (Phi) is 10.5. The van der Waals surface area contributed by atoms with E-state index in [9.17, 15) is 0 Å². The molecule has 3 unspecified atom stereocenters. The van der Waals surface area contributed by atoms with Crippen LogP contribution >= 0.6 is 0 Å². The summed E-state index contributed by atoms with van der Waals surface area (Å²) in [5.41, 5.74) is 10.4. The van der Waals surface area contributed by atoms with E-state index in [4.69, 9.17) is 24.9 Å². The van der Waals surface area contributed by atoms with Crippen LogP contribution in [0.25, 0.3) is 50.9 Å². The highest BCUT2D eigenvalue weighted by Crippen LogP contribution is 2.35. The molecule has 52 heavy (non-hydrogen) atoms. The summed E-state index contributed by atoms with van der Waals surface area (Å²) in [6.45, 7) is 11.1. The third-order valence-electron chi connectivity index (χ3n) is 9.29. The molecule has 1 aliphatic heterocycles. The number of amidine groups is 1. The van der Waals surface area contributed by atoms with Gasteiger partial charge in [-0.2, -0.15) is 0 Å². The van der Waals surface area contributed by atoms with E-state index in [1.807, 2.05) is 81.4 Å². The largest absolute Gasteiger partial charge is 0.292 e. The lowest BCUT2D eigenvalue weighted by molar-refractivity contribution is 0.366. The smallest absolute Gasteiger partial charge is 0.164 e. The highest BCUT2D eigenvalue weighted by Gasteiger charge is 2.25. The molecule has 0 radical (unpaired) electrons. The first-order chi connectivity index (χ1) is 25.3. The minimum absolute atomic E-state index is 0.0956. The van der Waals surface area contributed by atoms with Crippen LogP contribution in [0.1, 0.15) is 58.6 Å². The number of aliphatic imine (C=N–C) groups is 3. The summed E-state index contributed by atoms with van der Waals surface area (Å²) in [6, 6.07) is 35.8. The maximum absolute atomic E-state index is 5.08. The van der Waals surface area contributed by atoms with Gasteiger partial charge in [0.25, 0.3) is 0 Å². The fourth-order valence-electron chi connectivity index (χ4n) is 6.82. The maximum Gasteiger partial charge on any atom is 0.164 e. The standard InChI is InChI=1S/C45H45N7/c1-6-46-41(47-29(2)3)36-21-17-32(18-22-36)38-26-39(33-19-23-37(24-20-33)42-48-30(4)25-31(5)49-42)28-40(27-38)45-51-43(34-13-9-7-10-14-34)50-44(52-45)35-15-11-8-12-16-35/h7-23,26-28,30,37,42,48H,6,24-25H2,1-5H3. The van der Waals surface area contributed by atoms with Crippen molar-refractivity contribution in [3.05, 3.63) is 132 Å². The number of aromatic nitrogens is 3. The van der Waals surface area contributed by atoms with E-state index in [0.717, 1.165) is 63.3 Å². The second-order valence-electron chi connectivity index (χ2n) is 13.8. The zero-order valence-electron chi connectivity index (χ0n) is 30.6. The molecule has 5 aromatic rings. The van der Waals surface area contributed by atoms with Gasteiger partial charge in [0.05, 0.1) is 0 Å². The molecule has 0 fully saturated rings. The Morgan fingerprint density at radius 2 is 1.33 bits per heavy atom. The van der Waals surface area contributed by atoms with Crippen molar-refractivity contribution >= 4 is 22.8 Å². The monoisotopic (exact) mass is 683 g/mol. The lowest BCUT2D eigenvalue weighted by Gasteiger charge is -2.31. The molecule has 3 atom stereocenters. The lowest BCUT2D eigenvalue weighted by atomic mass is 9.88. The number of rotatable bonds is 8. The average molecular weight is 684 g/mol. The van der Waals surface area contributed by atoms with E-state index in [-0.39, 0.29) is 6.17 Å². The number of nitrogens with zero attached hydrogens (tertiary/aromatic N) is 6. The van der Waals surface area contributed by atoms with Crippen molar-refractivity contribution in [2.24, 2.45) is 20.9 Å². The summed E-state index contributed by atoms with van der Waals surface area (Å²) >= 11 is 0. The summed E-state index contributed by atoms with van der Waals surface area (Å²) in [5.74, 6) is 2.96. The van der Waals surface area contributed by atoms with Crippen LogP contribution in [-0.4, -0.2) is 51.0 Å². The Morgan fingerprint density at radius 1 is 0.731 bits per heavy atom. The first kappa shape index (κ1) is 34.8. The molecule has 260 valence electrons. The molecule has 7 nitrogen and oxygen atoms in total. The first-order valence-electron chi connectivity index (χ1n) is 18.2. The van der Waals surface area contributed by atoms with Gasteiger partial charge >= 0.3 is 0 Å². The molecule has 2 aliphatic rings. The van der Waals surface area contributed by atoms with Gasteiger partial charge in [0, 0.05) is 58.6 Å². The Bertz CT molecular complexity index is 2130. The van der Waals surface area contributed by atoms with Crippen LogP contribution in [0.2, 0.25) is 0 Å². The molecular weight excluding hydrogens is 639 g/mol. The minimum Gasteiger partial charge on any atom is -0.292 e. The van der Waals surface area contributed by atoms with Gasteiger partial charge in [-0.3, -0.25) is 15.3 Å². The Hall–Kier alpha value is -5.66. The van der Waals surface area contributed by atoms with Gasteiger partial charge in [0.1, 0.15) is 6.17 Å². The van der Waals surface area contributed by atoms with Gasteiger partial charge in [-0.1, -0.05) is 103 Å². The van der Waals surface area contributed by atoms with Crippen molar-refractivity contribution in [2.75, 3.05) is 6.54 Å². The van der Waals surface area contributed by atoms with Gasteiger partial charge in [0.2, 0.25) is 0 Å². The number of nitrogens with one attached hydrogen (secondary N) is 1. The molecule has 2 heterocycles. The second kappa shape index (κ2) is 15.7. The summed E-state index contributed by atoms with van der Waals surface area (Å²) in [7, 11) is 0. The molecule has 1 N–H and O–H groups in total. The van der Waals surface area contributed by atoms with Crippen molar-refractivity contribution < 1.29 is 0 Å². The third kappa shape index (κ3) is 8.11. The molecule has 4 aromatic carbocycles. The highest BCUT2D eigenvalue weighted by molar-refractivity contribution is 6.06. The molecule has 7 rings (SSSR count). The fraction of sp³-hybridized carbons (Fsp3) is 0.244. The molecule has 1 aliphatic carbocycles. The number of hydrogen-bond donors (Lipinski definition) is 1. The molecular formula is C45H45N7. The summed E-state index contributed by atoms with van der Waals surface area (Å²) in [6.07, 6.45) is 8.91. The van der Waals surface area contributed by atoms with E-state index in [1.54, 1.807) is 0 Å². The van der Waals surface area contributed by atoms with Gasteiger partial charge in [0.15, 0.2) is 23.3 Å². The fourth-order valence-corrected chi connectivity index (χ4v) is 6.82. The maximum atomic E-state index is 5.08. The summed E-state index contributed by atoms with van der Waals surface area (Å²) < 4.78 is 0. The third-order valence-corrected chi connectivity index (χ3v) is 9.29. The van der Waals surface area contributed by atoms with Crippen molar-refractivity contribution in [2.45, 2.75) is 59.7 Å². The van der Waals surface area contributed by atoms with E-state index in [2.05, 4.69) is 84.8 Å². The molecule has 0 spiro atoms. The van der Waals surface area contributed by atoms with Crippen LogP contribution in [0.15, 0.2) is 136 Å². The topological polar surface area (TPSA) is 87.8 Å². The van der Waals surface area contributed by atoms with Crippen LogP contribution in [0.4, 0.5) is 0 Å². The van der Waals surface area contributed by atoms with Gasteiger partial charge in [-0.25, -0.2) is 19.9 Å². The molecule has 1 aromatic heterocycles. The quantitative estimate of drug-likeness (QED) is 0.130. The van der Waals surface area contributed by atoms with Crippen LogP contribution in [0, 0.1) is 5.92 Å². The lowest BCUT2D eigenvalue weighted by Crippen LogP contribution is -2.44. The predicted molar refractivity (Wildman–Crippen MR) is 217 cm³/mol. The second-order valence-corrected chi connectivity index (χ2v) is 13.8. The predicted octanol–water partition coefficient (Wildman–Crippen LogP) is 9.92. The minimum atomic E-state index is 0.0956. The number of benzene rings is 4. The Labute approximate surface area is 307 Å². The van der Waals surface area contributed by atoms with E-state index < -0.39 is 0 Å². The molecule has 7 heteroatoms. The number of hydrogen-bond acceptors (Lipinski definition) is 6. The highest BCUT2D eigenvalue weighted by atomic mass is 15.1. The SMILES string of the molecule is CCN=C(N=C(C)C)c1ccc(-c2cc(C3=CCC(C4N=C(C)CC(C)N4)C=C3)cc(-c3nc(-c4ccccc4)nc(-c4ccccc4)n3)c2)cc1. The molecule has 0 bridgehead atoms. The summed E-state index contributed by atoms with van der Waals surface area (Å²) in [5, 5.41) is 3.69. The van der Waals surface area contributed by atoms with E-state index in [1.165, 1.54) is 11.3 Å². The van der Waals surface area contributed by atoms with Gasteiger partial charge in [-0.15, -0.1) is 0 Å². The van der Waals surface area contributed by atoms with Crippen molar-refractivity contribution in [1.82, 2.24) is 20.3 Å². The van der Waals surface area contributed by atoms with E-state index >= 15 is 0 Å². The van der Waals surface area contributed by atoms with Crippen LogP contribution in [-0.2, 0) is 0 Å². The normalized spacial score (nSPS) is 18.8. The first-order valence-corrected chi connectivity index (χ1v) is 18.2. The molecule has 0 saturated carbocycles. The van der Waals surface area contributed by atoms with Crippen molar-refractivity contribution in [3.63, 3.8) is 0 Å². The zero-order valence-corrected chi connectivity index (χ0v) is 30.6. The van der Waals surface area contributed by atoms with E-state index in [0.29, 0.717) is 36.0 Å². The average Bonchev–Trinajstić information content (AvgIpc) is 3.18. The van der Waals surface area contributed by atoms with Gasteiger partial charge in [-0.05, 0) is 81.5 Å². The van der Waals surface area contributed by atoms with Crippen LogP contribution in [0.3, 0.4) is 0 Å². The van der Waals surface area contributed by atoms with Crippen LogP contribution in [0.5, 0.6) is 0 Å². The van der Waals surface area contributed by atoms with Gasteiger partial charge < -0.3 is 0 Å². The van der Waals surface area contributed by atoms with Crippen molar-refractivity contribution in [3.8, 4) is 45.3 Å². The van der Waals surface area contributed by atoms with Crippen LogP contribution < -0.4 is 5.32 Å². The Morgan fingerprint density at radius 3 is 1.88 bits per heavy atom. The number of allylic oxidation sites excluding steroid dienone is 3. The molecule has 0 amide bonds. The zero-order chi connectivity index (χ0) is 36.0. The summed E-state index contributed by atoms with van der Waals surface area (Å²) in [4.78, 5) is 29.4.